The minimum atomic E-state index is -0.00915. The second-order valence-corrected chi connectivity index (χ2v) is 7.42. The first-order valence-corrected chi connectivity index (χ1v) is 9.49. The van der Waals surface area contributed by atoms with Crippen LogP contribution in [-0.4, -0.2) is 60.4 Å². The number of carbonyl (C=O) groups excluding carboxylic acids is 2. The monoisotopic (exact) mass is 321 g/mol. The average Bonchev–Trinajstić information content (AvgIpc) is 3.44. The first-order chi connectivity index (χ1) is 11.2. The molecule has 0 aromatic heterocycles. The van der Waals surface area contributed by atoms with Gasteiger partial charge in [0.25, 0.3) is 0 Å². The van der Waals surface area contributed by atoms with Gasteiger partial charge in [0.05, 0.1) is 5.92 Å². The van der Waals surface area contributed by atoms with E-state index in [1.54, 1.807) is 0 Å². The van der Waals surface area contributed by atoms with Crippen molar-refractivity contribution in [2.24, 2.45) is 11.8 Å². The highest BCUT2D eigenvalue weighted by atomic mass is 16.2. The predicted octanol–water partition coefficient (Wildman–Crippen LogP) is 1.63. The molecule has 130 valence electrons. The first-order valence-electron chi connectivity index (χ1n) is 9.49. The summed E-state index contributed by atoms with van der Waals surface area (Å²) in [6, 6.07) is 0.491. The molecular formula is C18H31N3O2. The Hall–Kier alpha value is -1.10. The maximum absolute atomic E-state index is 12.5. The maximum Gasteiger partial charge on any atom is 0.225 e. The van der Waals surface area contributed by atoms with Gasteiger partial charge in [-0.15, -0.1) is 0 Å². The molecule has 3 fully saturated rings. The molecule has 1 saturated carbocycles. The van der Waals surface area contributed by atoms with Crippen LogP contribution in [0.25, 0.3) is 0 Å². The summed E-state index contributed by atoms with van der Waals surface area (Å²) in [4.78, 5) is 29.1. The summed E-state index contributed by atoms with van der Waals surface area (Å²) in [5.41, 5.74) is 0. The van der Waals surface area contributed by atoms with Gasteiger partial charge >= 0.3 is 0 Å². The zero-order valence-electron chi connectivity index (χ0n) is 14.4. The summed E-state index contributed by atoms with van der Waals surface area (Å²) in [5, 5.41) is 3.17. The van der Waals surface area contributed by atoms with Crippen molar-refractivity contribution in [3.05, 3.63) is 0 Å². The first kappa shape index (κ1) is 16.7. The van der Waals surface area contributed by atoms with Crippen LogP contribution >= 0.6 is 0 Å². The fourth-order valence-corrected chi connectivity index (χ4v) is 4.05. The van der Waals surface area contributed by atoms with Crippen molar-refractivity contribution in [3.8, 4) is 0 Å². The van der Waals surface area contributed by atoms with Crippen molar-refractivity contribution in [1.29, 1.82) is 0 Å². The molecule has 0 bridgehead atoms. The van der Waals surface area contributed by atoms with E-state index in [4.69, 9.17) is 0 Å². The van der Waals surface area contributed by atoms with Crippen LogP contribution in [0.4, 0.5) is 0 Å². The molecule has 0 spiro atoms. The SMILES string of the molecule is CCN1CCCC[C@@H]1CNC(=O)[C@@H]1CCCN(C(=O)C2CC2)C1. The number of carbonyl (C=O) groups is 2. The smallest absolute Gasteiger partial charge is 0.225 e. The Morgan fingerprint density at radius 2 is 1.83 bits per heavy atom. The second-order valence-electron chi connectivity index (χ2n) is 7.42. The normalized spacial score (nSPS) is 29.3. The third-order valence-corrected chi connectivity index (χ3v) is 5.70. The lowest BCUT2D eigenvalue weighted by atomic mass is 9.96. The van der Waals surface area contributed by atoms with Crippen LogP contribution in [0, 0.1) is 11.8 Å². The highest BCUT2D eigenvalue weighted by Crippen LogP contribution is 2.32. The van der Waals surface area contributed by atoms with E-state index in [1.807, 2.05) is 4.90 Å². The van der Waals surface area contributed by atoms with Crippen LogP contribution in [0.3, 0.4) is 0 Å². The zero-order chi connectivity index (χ0) is 16.2. The van der Waals surface area contributed by atoms with Gasteiger partial charge in [-0.2, -0.15) is 0 Å². The van der Waals surface area contributed by atoms with Gasteiger partial charge in [-0.25, -0.2) is 0 Å². The van der Waals surface area contributed by atoms with E-state index in [0.717, 1.165) is 51.9 Å². The van der Waals surface area contributed by atoms with Crippen LogP contribution < -0.4 is 5.32 Å². The molecule has 3 rings (SSSR count). The molecular weight excluding hydrogens is 290 g/mol. The van der Waals surface area contributed by atoms with Gasteiger partial charge in [-0.3, -0.25) is 14.5 Å². The number of hydrogen-bond donors (Lipinski definition) is 1. The minimum Gasteiger partial charge on any atom is -0.354 e. The molecule has 0 aromatic rings. The van der Waals surface area contributed by atoms with E-state index in [1.165, 1.54) is 19.3 Å². The van der Waals surface area contributed by atoms with Gasteiger partial charge in [-0.05, 0) is 51.6 Å². The van der Waals surface area contributed by atoms with Crippen molar-refractivity contribution >= 4 is 11.8 Å². The third kappa shape index (κ3) is 4.25. The molecule has 2 aliphatic heterocycles. The summed E-state index contributed by atoms with van der Waals surface area (Å²) in [6.07, 6.45) is 7.69. The summed E-state index contributed by atoms with van der Waals surface area (Å²) >= 11 is 0. The van der Waals surface area contributed by atoms with E-state index < -0.39 is 0 Å². The van der Waals surface area contributed by atoms with Gasteiger partial charge < -0.3 is 10.2 Å². The van der Waals surface area contributed by atoms with Crippen LogP contribution in [0.15, 0.2) is 0 Å². The number of amides is 2. The molecule has 5 nitrogen and oxygen atoms in total. The number of rotatable bonds is 5. The Balaban J connectivity index is 1.46. The quantitative estimate of drug-likeness (QED) is 0.837. The van der Waals surface area contributed by atoms with E-state index in [9.17, 15) is 9.59 Å². The second kappa shape index (κ2) is 7.65. The Kier molecular flexibility index (Phi) is 5.57. The molecule has 1 aliphatic carbocycles. The number of likely N-dealkylation sites (tertiary alicyclic amines) is 2. The van der Waals surface area contributed by atoms with Gasteiger partial charge in [0.1, 0.15) is 0 Å². The van der Waals surface area contributed by atoms with Crippen molar-refractivity contribution in [3.63, 3.8) is 0 Å². The summed E-state index contributed by atoms with van der Waals surface area (Å²) in [5.74, 6) is 0.689. The standard InChI is InChI=1S/C18H31N3O2/c1-2-20-10-4-3-7-16(20)12-19-17(22)15-6-5-11-21(13-15)18(23)14-8-9-14/h14-16H,2-13H2,1H3,(H,19,22)/t15-,16-/m1/s1. The molecule has 5 heteroatoms. The lowest BCUT2D eigenvalue weighted by molar-refractivity contribution is -0.136. The molecule has 0 aromatic carbocycles. The number of likely N-dealkylation sites (N-methyl/N-ethyl adjacent to an activating group) is 1. The van der Waals surface area contributed by atoms with Crippen LogP contribution in [0.5, 0.6) is 0 Å². The van der Waals surface area contributed by atoms with Crippen LogP contribution in [-0.2, 0) is 9.59 Å². The Labute approximate surface area is 139 Å². The molecule has 2 atom stereocenters. The Morgan fingerprint density at radius 1 is 1.00 bits per heavy atom. The van der Waals surface area contributed by atoms with Crippen molar-refractivity contribution < 1.29 is 9.59 Å². The van der Waals surface area contributed by atoms with Gasteiger partial charge in [-0.1, -0.05) is 13.3 Å². The topological polar surface area (TPSA) is 52.7 Å². The van der Waals surface area contributed by atoms with Crippen molar-refractivity contribution in [1.82, 2.24) is 15.1 Å². The van der Waals surface area contributed by atoms with Gasteiger partial charge in [0.2, 0.25) is 11.8 Å². The minimum absolute atomic E-state index is 0.00915. The number of piperidine rings is 2. The number of nitrogens with one attached hydrogen (secondary N) is 1. The lowest BCUT2D eigenvalue weighted by Gasteiger charge is -2.36. The predicted molar refractivity (Wildman–Crippen MR) is 89.9 cm³/mol. The molecule has 3 aliphatic rings. The van der Waals surface area contributed by atoms with E-state index in [-0.39, 0.29) is 23.7 Å². The summed E-state index contributed by atoms with van der Waals surface area (Å²) in [6.45, 7) is 6.65. The molecule has 2 amide bonds. The maximum atomic E-state index is 12.5. The Bertz CT molecular complexity index is 436. The van der Waals surface area contributed by atoms with Gasteiger partial charge in [0.15, 0.2) is 0 Å². The van der Waals surface area contributed by atoms with Gasteiger partial charge in [0, 0.05) is 31.6 Å². The molecule has 2 saturated heterocycles. The Morgan fingerprint density at radius 3 is 2.57 bits per heavy atom. The number of nitrogens with zero attached hydrogens (tertiary/aromatic N) is 2. The van der Waals surface area contributed by atoms with Crippen molar-refractivity contribution in [2.75, 3.05) is 32.7 Å². The average molecular weight is 321 g/mol. The molecule has 1 N–H and O–H groups in total. The summed E-state index contributed by atoms with van der Waals surface area (Å²) in [7, 11) is 0. The molecule has 0 radical (unpaired) electrons. The van der Waals surface area contributed by atoms with E-state index in [2.05, 4.69) is 17.1 Å². The van der Waals surface area contributed by atoms with E-state index in [0.29, 0.717) is 12.6 Å². The largest absolute Gasteiger partial charge is 0.354 e. The third-order valence-electron chi connectivity index (χ3n) is 5.70. The molecule has 0 unspecified atom stereocenters. The summed E-state index contributed by atoms with van der Waals surface area (Å²) < 4.78 is 0. The fourth-order valence-electron chi connectivity index (χ4n) is 4.05. The van der Waals surface area contributed by atoms with Crippen LogP contribution in [0.1, 0.15) is 51.9 Å². The highest BCUT2D eigenvalue weighted by molar-refractivity contribution is 5.83. The molecule has 2 heterocycles. The van der Waals surface area contributed by atoms with Crippen LogP contribution in [0.2, 0.25) is 0 Å². The molecule has 23 heavy (non-hydrogen) atoms. The fraction of sp³-hybridized carbons (Fsp3) is 0.889. The zero-order valence-corrected chi connectivity index (χ0v) is 14.4. The lowest BCUT2D eigenvalue weighted by Crippen LogP contribution is -2.50. The number of hydrogen-bond acceptors (Lipinski definition) is 3. The highest BCUT2D eigenvalue weighted by Gasteiger charge is 2.36. The van der Waals surface area contributed by atoms with Crippen molar-refractivity contribution in [2.45, 2.75) is 57.9 Å². The van der Waals surface area contributed by atoms with E-state index >= 15 is 0 Å².